The lowest BCUT2D eigenvalue weighted by molar-refractivity contribution is 0.0943. The maximum Gasteiger partial charge on any atom is 0.251 e. The molecule has 0 radical (unpaired) electrons. The van der Waals surface area contributed by atoms with E-state index in [-0.39, 0.29) is 5.91 Å². The Labute approximate surface area is 237 Å². The van der Waals surface area contributed by atoms with Crippen molar-refractivity contribution in [2.75, 3.05) is 30.9 Å². The number of nitrogens with one attached hydrogen (secondary N) is 2. The van der Waals surface area contributed by atoms with E-state index in [1.165, 1.54) is 0 Å². The van der Waals surface area contributed by atoms with Crippen molar-refractivity contribution in [2.24, 2.45) is 5.92 Å². The summed E-state index contributed by atoms with van der Waals surface area (Å²) in [6.07, 6.45) is 4.16. The average Bonchev–Trinajstić information content (AvgIpc) is 2.96. The molecule has 1 saturated carbocycles. The fourth-order valence-electron chi connectivity index (χ4n) is 5.54. The molecule has 5 rings (SSSR count). The molecule has 1 fully saturated rings. The number of rotatable bonds is 9. The Morgan fingerprint density at radius 1 is 0.925 bits per heavy atom. The molecule has 7 nitrogen and oxygen atoms in total. The summed E-state index contributed by atoms with van der Waals surface area (Å²) in [7, 11) is 4.02. The van der Waals surface area contributed by atoms with Gasteiger partial charge in [0.05, 0.1) is 5.52 Å². The number of ether oxygens (including phenoxy) is 1. The van der Waals surface area contributed by atoms with Crippen LogP contribution < -0.4 is 20.3 Å². The number of fused-ring (bicyclic) bond motifs is 1. The van der Waals surface area contributed by atoms with Crippen molar-refractivity contribution in [3.63, 3.8) is 0 Å². The number of para-hydroxylation sites is 1. The Kier molecular flexibility index (Phi) is 8.48. The normalized spacial score (nSPS) is 16.9. The van der Waals surface area contributed by atoms with Crippen molar-refractivity contribution >= 4 is 28.6 Å². The number of hydrogen-bond acceptors (Lipinski definition) is 6. The van der Waals surface area contributed by atoms with Gasteiger partial charge in [-0.25, -0.2) is 4.98 Å². The Morgan fingerprint density at radius 3 is 2.30 bits per heavy atom. The first kappa shape index (κ1) is 27.4. The van der Waals surface area contributed by atoms with Crippen LogP contribution in [0.25, 0.3) is 10.9 Å². The van der Waals surface area contributed by atoms with Gasteiger partial charge in [-0.1, -0.05) is 42.5 Å². The van der Waals surface area contributed by atoms with Crippen LogP contribution in [-0.2, 0) is 6.61 Å². The van der Waals surface area contributed by atoms with Crippen LogP contribution in [0, 0.1) is 19.8 Å². The molecular weight excluding hydrogens is 498 g/mol. The number of benzene rings is 3. The third-order valence-corrected chi connectivity index (χ3v) is 7.69. The molecule has 2 N–H and O–H groups in total. The molecule has 1 heterocycles. The van der Waals surface area contributed by atoms with Crippen molar-refractivity contribution in [3.8, 4) is 5.75 Å². The molecule has 208 valence electrons. The zero-order chi connectivity index (χ0) is 28.1. The Bertz CT molecular complexity index is 1440. The minimum absolute atomic E-state index is 0.0261. The lowest BCUT2D eigenvalue weighted by atomic mass is 9.86. The van der Waals surface area contributed by atoms with E-state index in [1.807, 2.05) is 93.5 Å². The maximum absolute atomic E-state index is 13.0. The molecule has 0 aliphatic heterocycles. The predicted molar refractivity (Wildman–Crippen MR) is 162 cm³/mol. The van der Waals surface area contributed by atoms with Crippen LogP contribution in [0.1, 0.15) is 52.7 Å². The van der Waals surface area contributed by atoms with Crippen LogP contribution in [0.2, 0.25) is 0 Å². The monoisotopic (exact) mass is 537 g/mol. The van der Waals surface area contributed by atoms with Crippen LogP contribution in [0.4, 0.5) is 11.8 Å². The van der Waals surface area contributed by atoms with Crippen LogP contribution in [0.15, 0.2) is 66.7 Å². The highest BCUT2D eigenvalue weighted by molar-refractivity contribution is 5.95. The number of hydrogen-bond donors (Lipinski definition) is 2. The van der Waals surface area contributed by atoms with Gasteiger partial charge in [0.1, 0.15) is 18.2 Å². The number of aromatic nitrogens is 2. The predicted octanol–water partition coefficient (Wildman–Crippen LogP) is 6.29. The number of anilines is 2. The molecule has 3 aromatic carbocycles. The van der Waals surface area contributed by atoms with E-state index in [0.717, 1.165) is 64.8 Å². The molecule has 0 atom stereocenters. The quantitative estimate of drug-likeness (QED) is 0.261. The van der Waals surface area contributed by atoms with E-state index in [1.54, 1.807) is 0 Å². The second kappa shape index (κ2) is 12.4. The number of carbonyl (C=O) groups excluding carboxylic acids is 1. The van der Waals surface area contributed by atoms with Gasteiger partial charge < -0.3 is 20.3 Å². The first-order chi connectivity index (χ1) is 19.4. The van der Waals surface area contributed by atoms with E-state index in [2.05, 4.69) is 16.7 Å². The largest absolute Gasteiger partial charge is 0.488 e. The second-order valence-electron chi connectivity index (χ2n) is 11.1. The highest BCUT2D eigenvalue weighted by atomic mass is 16.5. The van der Waals surface area contributed by atoms with Crippen LogP contribution in [0.5, 0.6) is 5.75 Å². The van der Waals surface area contributed by atoms with E-state index < -0.39 is 0 Å². The van der Waals surface area contributed by atoms with Gasteiger partial charge in [0.25, 0.3) is 5.91 Å². The second-order valence-corrected chi connectivity index (χ2v) is 11.1. The van der Waals surface area contributed by atoms with E-state index >= 15 is 0 Å². The Balaban J connectivity index is 1.12. The van der Waals surface area contributed by atoms with Crippen LogP contribution in [0.3, 0.4) is 0 Å². The number of amides is 1. The first-order valence-electron chi connectivity index (χ1n) is 14.1. The van der Waals surface area contributed by atoms with Gasteiger partial charge >= 0.3 is 0 Å². The van der Waals surface area contributed by atoms with Crippen molar-refractivity contribution in [2.45, 2.75) is 52.2 Å². The standard InChI is InChI=1S/C33H39N5O2/c1-22-18-26(19-23(2)30(22)40-21-25-10-6-5-7-11-25)32(39)34-20-24-14-16-27(17-15-24)35-33-36-29-13-9-8-12-28(29)31(37-33)38(3)4/h5-13,18-19,24,27H,14-17,20-21H2,1-4H3,(H,34,39)(H,35,36,37)/t24-,27+. The summed E-state index contributed by atoms with van der Waals surface area (Å²) < 4.78 is 6.09. The molecular formula is C33H39N5O2. The van der Waals surface area contributed by atoms with E-state index in [4.69, 9.17) is 14.7 Å². The lowest BCUT2D eigenvalue weighted by Crippen LogP contribution is -2.34. The van der Waals surface area contributed by atoms with E-state index in [9.17, 15) is 4.79 Å². The van der Waals surface area contributed by atoms with Gasteiger partial charge in [0, 0.05) is 37.6 Å². The Hall–Kier alpha value is -4.13. The SMILES string of the molecule is Cc1cc(C(=O)NC[C@H]2CC[C@@H](Nc3nc(N(C)C)c4ccccc4n3)CC2)cc(C)c1OCc1ccccc1. The summed E-state index contributed by atoms with van der Waals surface area (Å²) in [4.78, 5) is 24.6. The zero-order valence-corrected chi connectivity index (χ0v) is 23.9. The van der Waals surface area contributed by atoms with Gasteiger partial charge in [-0.2, -0.15) is 4.98 Å². The smallest absolute Gasteiger partial charge is 0.251 e. The number of nitrogens with zero attached hydrogens (tertiary/aromatic N) is 3. The van der Waals surface area contributed by atoms with Gasteiger partial charge in [-0.05, 0) is 86.4 Å². The molecule has 4 aromatic rings. The minimum Gasteiger partial charge on any atom is -0.488 e. The summed E-state index contributed by atoms with van der Waals surface area (Å²) in [5.41, 5.74) is 4.70. The highest BCUT2D eigenvalue weighted by Gasteiger charge is 2.23. The van der Waals surface area contributed by atoms with Crippen molar-refractivity contribution in [1.82, 2.24) is 15.3 Å². The summed E-state index contributed by atoms with van der Waals surface area (Å²) in [5.74, 6) is 2.89. The molecule has 0 saturated heterocycles. The zero-order valence-electron chi connectivity index (χ0n) is 23.9. The van der Waals surface area contributed by atoms with E-state index in [0.29, 0.717) is 36.6 Å². The molecule has 1 aliphatic rings. The van der Waals surface area contributed by atoms with Gasteiger partial charge in [-0.3, -0.25) is 4.79 Å². The van der Waals surface area contributed by atoms with Crippen LogP contribution in [-0.4, -0.2) is 42.6 Å². The van der Waals surface area contributed by atoms with Crippen molar-refractivity contribution in [3.05, 3.63) is 89.0 Å². The summed E-state index contributed by atoms with van der Waals surface area (Å²) >= 11 is 0. The third-order valence-electron chi connectivity index (χ3n) is 7.69. The fraction of sp³-hybridized carbons (Fsp3) is 0.364. The van der Waals surface area contributed by atoms with Gasteiger partial charge in [-0.15, -0.1) is 0 Å². The first-order valence-corrected chi connectivity index (χ1v) is 14.1. The average molecular weight is 538 g/mol. The molecule has 1 aliphatic carbocycles. The molecule has 0 unspecified atom stereocenters. The third kappa shape index (κ3) is 6.53. The van der Waals surface area contributed by atoms with Crippen molar-refractivity contribution in [1.29, 1.82) is 0 Å². The summed E-state index contributed by atoms with van der Waals surface area (Å²) in [6.45, 7) is 5.20. The van der Waals surface area contributed by atoms with Gasteiger partial charge in [0.2, 0.25) is 5.95 Å². The Morgan fingerprint density at radius 2 is 1.60 bits per heavy atom. The molecule has 1 aromatic heterocycles. The molecule has 7 heteroatoms. The maximum atomic E-state index is 13.0. The number of aryl methyl sites for hydroxylation is 2. The lowest BCUT2D eigenvalue weighted by Gasteiger charge is -2.29. The topological polar surface area (TPSA) is 79.4 Å². The minimum atomic E-state index is -0.0261. The molecule has 0 bridgehead atoms. The highest BCUT2D eigenvalue weighted by Crippen LogP contribution is 2.29. The van der Waals surface area contributed by atoms with Crippen LogP contribution >= 0.6 is 0 Å². The molecule has 40 heavy (non-hydrogen) atoms. The summed E-state index contributed by atoms with van der Waals surface area (Å²) in [6, 6.07) is 22.4. The number of carbonyl (C=O) groups is 1. The van der Waals surface area contributed by atoms with Gasteiger partial charge in [0.15, 0.2) is 0 Å². The summed E-state index contributed by atoms with van der Waals surface area (Å²) in [5, 5.41) is 7.80. The fourth-order valence-corrected chi connectivity index (χ4v) is 5.54. The molecule has 0 spiro atoms. The molecule has 1 amide bonds. The van der Waals surface area contributed by atoms with Crippen molar-refractivity contribution < 1.29 is 9.53 Å².